The molecule has 0 amide bonds. The zero-order valence-corrected chi connectivity index (χ0v) is 11.0. The third kappa shape index (κ3) is 3.16. The lowest BCUT2D eigenvalue weighted by Crippen LogP contribution is -2.13. The standard InChI is InChI=1S/C14H22O2/c1-6-15-11-8-9-13(16-7-2)12(10-11)14(3,4)5/h8-10H,6-7H2,1-5H3. The number of hydrogen-bond acceptors (Lipinski definition) is 2. The molecule has 0 unspecified atom stereocenters. The van der Waals surface area contributed by atoms with Crippen LogP contribution in [-0.4, -0.2) is 13.2 Å². The van der Waals surface area contributed by atoms with Gasteiger partial charge in [-0.25, -0.2) is 0 Å². The van der Waals surface area contributed by atoms with E-state index in [0.29, 0.717) is 13.2 Å². The fraction of sp³-hybridized carbons (Fsp3) is 0.571. The van der Waals surface area contributed by atoms with Crippen molar-refractivity contribution in [1.82, 2.24) is 0 Å². The number of hydrogen-bond donors (Lipinski definition) is 0. The zero-order chi connectivity index (χ0) is 12.2. The Morgan fingerprint density at radius 2 is 1.62 bits per heavy atom. The Hall–Kier alpha value is -1.18. The summed E-state index contributed by atoms with van der Waals surface area (Å²) in [6, 6.07) is 6.04. The lowest BCUT2D eigenvalue weighted by atomic mass is 9.86. The van der Waals surface area contributed by atoms with Gasteiger partial charge < -0.3 is 9.47 Å². The van der Waals surface area contributed by atoms with Crippen molar-refractivity contribution in [3.63, 3.8) is 0 Å². The molecule has 0 saturated carbocycles. The molecule has 90 valence electrons. The van der Waals surface area contributed by atoms with Crippen molar-refractivity contribution < 1.29 is 9.47 Å². The summed E-state index contributed by atoms with van der Waals surface area (Å²) in [4.78, 5) is 0. The van der Waals surface area contributed by atoms with Crippen molar-refractivity contribution in [3.05, 3.63) is 23.8 Å². The molecule has 0 heterocycles. The molecule has 16 heavy (non-hydrogen) atoms. The molecule has 0 aromatic heterocycles. The van der Waals surface area contributed by atoms with Crippen LogP contribution in [0.1, 0.15) is 40.2 Å². The monoisotopic (exact) mass is 222 g/mol. The van der Waals surface area contributed by atoms with Crippen molar-refractivity contribution in [1.29, 1.82) is 0 Å². The van der Waals surface area contributed by atoms with Gasteiger partial charge in [-0.1, -0.05) is 20.8 Å². The van der Waals surface area contributed by atoms with Gasteiger partial charge in [0.15, 0.2) is 0 Å². The second-order valence-electron chi connectivity index (χ2n) is 4.77. The summed E-state index contributed by atoms with van der Waals surface area (Å²) in [6.45, 7) is 11.9. The number of ether oxygens (including phenoxy) is 2. The molecule has 0 bridgehead atoms. The van der Waals surface area contributed by atoms with Crippen LogP contribution >= 0.6 is 0 Å². The van der Waals surface area contributed by atoms with Crippen LogP contribution in [0.25, 0.3) is 0 Å². The third-order valence-electron chi connectivity index (χ3n) is 2.37. The minimum absolute atomic E-state index is 0.0671. The van der Waals surface area contributed by atoms with E-state index in [1.165, 1.54) is 5.56 Å². The zero-order valence-electron chi connectivity index (χ0n) is 11.0. The van der Waals surface area contributed by atoms with Crippen molar-refractivity contribution in [2.24, 2.45) is 0 Å². The molecule has 0 N–H and O–H groups in total. The Labute approximate surface area is 98.6 Å². The first-order chi connectivity index (χ1) is 7.49. The van der Waals surface area contributed by atoms with E-state index in [2.05, 4.69) is 26.8 Å². The first-order valence-corrected chi connectivity index (χ1v) is 5.89. The first kappa shape index (κ1) is 12.9. The van der Waals surface area contributed by atoms with Gasteiger partial charge in [0.05, 0.1) is 13.2 Å². The van der Waals surface area contributed by atoms with Crippen LogP contribution < -0.4 is 9.47 Å². The fourth-order valence-corrected chi connectivity index (χ4v) is 1.63. The van der Waals surface area contributed by atoms with Crippen LogP contribution in [0, 0.1) is 0 Å². The topological polar surface area (TPSA) is 18.5 Å². The molecule has 2 heteroatoms. The molecule has 0 atom stereocenters. The highest BCUT2D eigenvalue weighted by molar-refractivity contribution is 5.44. The van der Waals surface area contributed by atoms with Gasteiger partial charge in [-0.15, -0.1) is 0 Å². The van der Waals surface area contributed by atoms with Crippen LogP contribution in [0.15, 0.2) is 18.2 Å². The molecule has 1 aromatic carbocycles. The van der Waals surface area contributed by atoms with Gasteiger partial charge in [0.25, 0.3) is 0 Å². The number of rotatable bonds is 4. The lowest BCUT2D eigenvalue weighted by Gasteiger charge is -2.23. The summed E-state index contributed by atoms with van der Waals surface area (Å²) in [5, 5.41) is 0. The van der Waals surface area contributed by atoms with Crippen molar-refractivity contribution in [2.45, 2.75) is 40.0 Å². The highest BCUT2D eigenvalue weighted by atomic mass is 16.5. The maximum Gasteiger partial charge on any atom is 0.123 e. The molecule has 2 nitrogen and oxygen atoms in total. The van der Waals surface area contributed by atoms with Gasteiger partial charge >= 0.3 is 0 Å². The summed E-state index contributed by atoms with van der Waals surface area (Å²) >= 11 is 0. The molecule has 0 aliphatic carbocycles. The minimum Gasteiger partial charge on any atom is -0.494 e. The summed E-state index contributed by atoms with van der Waals surface area (Å²) in [7, 11) is 0. The van der Waals surface area contributed by atoms with Gasteiger partial charge in [0.2, 0.25) is 0 Å². The minimum atomic E-state index is 0.0671. The second-order valence-corrected chi connectivity index (χ2v) is 4.77. The van der Waals surface area contributed by atoms with Gasteiger partial charge in [-0.2, -0.15) is 0 Å². The van der Waals surface area contributed by atoms with Crippen LogP contribution in [0.2, 0.25) is 0 Å². The second kappa shape index (κ2) is 5.24. The smallest absolute Gasteiger partial charge is 0.123 e. The normalized spacial score (nSPS) is 11.3. The van der Waals surface area contributed by atoms with E-state index in [1.54, 1.807) is 0 Å². The summed E-state index contributed by atoms with van der Waals surface area (Å²) < 4.78 is 11.2. The molecule has 1 aromatic rings. The molecule has 0 fully saturated rings. The van der Waals surface area contributed by atoms with Crippen LogP contribution in [0.4, 0.5) is 0 Å². The molecule has 0 aliphatic rings. The average molecular weight is 222 g/mol. The maximum atomic E-state index is 5.64. The maximum absolute atomic E-state index is 5.64. The van der Waals surface area contributed by atoms with E-state index >= 15 is 0 Å². The highest BCUT2D eigenvalue weighted by Crippen LogP contribution is 2.34. The van der Waals surface area contributed by atoms with E-state index in [-0.39, 0.29) is 5.41 Å². The molecule has 0 radical (unpaired) electrons. The Bertz CT molecular complexity index is 337. The van der Waals surface area contributed by atoms with Crippen LogP contribution in [-0.2, 0) is 5.41 Å². The van der Waals surface area contributed by atoms with E-state index in [1.807, 2.05) is 26.0 Å². The summed E-state index contributed by atoms with van der Waals surface area (Å²) in [5.74, 6) is 1.87. The molecule has 0 aliphatic heterocycles. The van der Waals surface area contributed by atoms with Crippen molar-refractivity contribution >= 4 is 0 Å². The molecular weight excluding hydrogens is 200 g/mol. The highest BCUT2D eigenvalue weighted by Gasteiger charge is 2.19. The predicted octanol–water partition coefficient (Wildman–Crippen LogP) is 3.78. The lowest BCUT2D eigenvalue weighted by molar-refractivity contribution is 0.321. The van der Waals surface area contributed by atoms with E-state index in [9.17, 15) is 0 Å². The number of benzene rings is 1. The fourth-order valence-electron chi connectivity index (χ4n) is 1.63. The van der Waals surface area contributed by atoms with Crippen molar-refractivity contribution in [3.8, 4) is 11.5 Å². The molecule has 0 spiro atoms. The summed E-state index contributed by atoms with van der Waals surface area (Å²) in [6.07, 6.45) is 0. The van der Waals surface area contributed by atoms with Crippen LogP contribution in [0.3, 0.4) is 0 Å². The molecular formula is C14H22O2. The Balaban J connectivity index is 3.11. The molecule has 1 rings (SSSR count). The van der Waals surface area contributed by atoms with Gasteiger partial charge in [-0.05, 0) is 37.5 Å². The average Bonchev–Trinajstić information content (AvgIpc) is 2.19. The Morgan fingerprint density at radius 1 is 1.00 bits per heavy atom. The van der Waals surface area contributed by atoms with E-state index in [4.69, 9.17) is 9.47 Å². The predicted molar refractivity (Wildman–Crippen MR) is 67.5 cm³/mol. The summed E-state index contributed by atoms with van der Waals surface area (Å²) in [5.41, 5.74) is 1.26. The van der Waals surface area contributed by atoms with E-state index in [0.717, 1.165) is 11.5 Å². The third-order valence-corrected chi connectivity index (χ3v) is 2.37. The van der Waals surface area contributed by atoms with Gasteiger partial charge in [0.1, 0.15) is 11.5 Å². The Morgan fingerprint density at radius 3 is 2.12 bits per heavy atom. The van der Waals surface area contributed by atoms with Gasteiger partial charge in [-0.3, -0.25) is 0 Å². The van der Waals surface area contributed by atoms with E-state index < -0.39 is 0 Å². The van der Waals surface area contributed by atoms with Gasteiger partial charge in [0, 0.05) is 5.56 Å². The quantitative estimate of drug-likeness (QED) is 0.771. The van der Waals surface area contributed by atoms with Crippen molar-refractivity contribution in [2.75, 3.05) is 13.2 Å². The Kier molecular flexibility index (Phi) is 4.22. The molecule has 0 saturated heterocycles. The largest absolute Gasteiger partial charge is 0.494 e. The van der Waals surface area contributed by atoms with Crippen LogP contribution in [0.5, 0.6) is 11.5 Å². The SMILES string of the molecule is CCOc1ccc(OCC)c(C(C)(C)C)c1. The first-order valence-electron chi connectivity index (χ1n) is 5.89.